The van der Waals surface area contributed by atoms with Gasteiger partial charge in [0.05, 0.1) is 19.6 Å². The average Bonchev–Trinajstić information content (AvgIpc) is 2.27. The highest BCUT2D eigenvalue weighted by molar-refractivity contribution is 6.00. The summed E-state index contributed by atoms with van der Waals surface area (Å²) in [4.78, 5) is 23.7. The van der Waals surface area contributed by atoms with E-state index in [1.54, 1.807) is 6.92 Å². The molecule has 7 heteroatoms. The molecular formula is C12H19F3O4. The van der Waals surface area contributed by atoms with E-state index in [-0.39, 0.29) is 26.1 Å². The van der Waals surface area contributed by atoms with Crippen LogP contribution in [0.2, 0.25) is 0 Å². The fourth-order valence-corrected chi connectivity index (χ4v) is 1.83. The summed E-state index contributed by atoms with van der Waals surface area (Å²) in [5.41, 5.74) is -2.29. The molecule has 0 aromatic rings. The van der Waals surface area contributed by atoms with Crippen LogP contribution in [0.3, 0.4) is 0 Å². The second-order valence-corrected chi connectivity index (χ2v) is 4.07. The fraction of sp³-hybridized carbons (Fsp3) is 0.833. The van der Waals surface area contributed by atoms with Crippen molar-refractivity contribution < 1.29 is 32.2 Å². The number of alkyl halides is 3. The molecule has 0 rings (SSSR count). The summed E-state index contributed by atoms with van der Waals surface area (Å²) >= 11 is 0. The van der Waals surface area contributed by atoms with Crippen molar-refractivity contribution in [1.82, 2.24) is 0 Å². The molecule has 0 N–H and O–H groups in total. The number of esters is 2. The van der Waals surface area contributed by atoms with Crippen LogP contribution in [-0.2, 0) is 19.1 Å². The standard InChI is InChI=1S/C12H19F3O4/c1-4-7-11(8-12(13,14)15,9(16)18-5-2)10(17)19-6-3/h4-8H2,1-3H3. The second-order valence-electron chi connectivity index (χ2n) is 4.07. The van der Waals surface area contributed by atoms with E-state index in [1.807, 2.05) is 0 Å². The van der Waals surface area contributed by atoms with Crippen molar-refractivity contribution >= 4 is 11.9 Å². The number of halogens is 3. The normalized spacial score (nSPS) is 12.1. The Kier molecular flexibility index (Phi) is 6.86. The van der Waals surface area contributed by atoms with Crippen LogP contribution in [0.4, 0.5) is 13.2 Å². The van der Waals surface area contributed by atoms with E-state index in [9.17, 15) is 22.8 Å². The molecule has 0 unspecified atom stereocenters. The van der Waals surface area contributed by atoms with Gasteiger partial charge in [-0.15, -0.1) is 0 Å². The summed E-state index contributed by atoms with van der Waals surface area (Å²) in [5, 5.41) is 0. The fourth-order valence-electron chi connectivity index (χ4n) is 1.83. The minimum absolute atomic E-state index is 0.0957. The first kappa shape index (κ1) is 17.7. The van der Waals surface area contributed by atoms with Crippen LogP contribution in [0, 0.1) is 5.41 Å². The number of hydrogen-bond acceptors (Lipinski definition) is 4. The number of ether oxygens (including phenoxy) is 2. The maximum atomic E-state index is 12.7. The van der Waals surface area contributed by atoms with Crippen LogP contribution in [0.1, 0.15) is 40.0 Å². The average molecular weight is 284 g/mol. The topological polar surface area (TPSA) is 52.6 Å². The molecule has 4 nitrogen and oxygen atoms in total. The lowest BCUT2D eigenvalue weighted by Gasteiger charge is -2.29. The largest absolute Gasteiger partial charge is 0.465 e. The predicted octanol–water partition coefficient (Wildman–Crippen LogP) is 2.85. The third-order valence-corrected chi connectivity index (χ3v) is 2.51. The molecule has 0 atom stereocenters. The highest BCUT2D eigenvalue weighted by Gasteiger charge is 2.54. The van der Waals surface area contributed by atoms with Gasteiger partial charge in [0.2, 0.25) is 0 Å². The molecule has 19 heavy (non-hydrogen) atoms. The summed E-state index contributed by atoms with van der Waals surface area (Å²) in [7, 11) is 0. The first-order chi connectivity index (χ1) is 8.73. The van der Waals surface area contributed by atoms with E-state index in [0.717, 1.165) is 0 Å². The van der Waals surface area contributed by atoms with Gasteiger partial charge in [-0.25, -0.2) is 0 Å². The van der Waals surface area contributed by atoms with Crippen LogP contribution in [0.5, 0.6) is 0 Å². The van der Waals surface area contributed by atoms with E-state index < -0.39 is 30.0 Å². The zero-order valence-electron chi connectivity index (χ0n) is 11.3. The highest BCUT2D eigenvalue weighted by atomic mass is 19.4. The first-order valence-electron chi connectivity index (χ1n) is 6.14. The molecule has 0 bridgehead atoms. The minimum atomic E-state index is -4.66. The Morgan fingerprint density at radius 3 is 1.63 bits per heavy atom. The van der Waals surface area contributed by atoms with Crippen molar-refractivity contribution in [3.63, 3.8) is 0 Å². The minimum Gasteiger partial charge on any atom is -0.465 e. The first-order valence-corrected chi connectivity index (χ1v) is 6.14. The summed E-state index contributed by atoms with van der Waals surface area (Å²) in [5.74, 6) is -2.35. The summed E-state index contributed by atoms with van der Waals surface area (Å²) in [6.45, 7) is 4.33. The van der Waals surface area contributed by atoms with Gasteiger partial charge in [0, 0.05) is 0 Å². The van der Waals surface area contributed by atoms with Gasteiger partial charge < -0.3 is 9.47 Å². The molecule has 0 heterocycles. The number of rotatable bonds is 7. The summed E-state index contributed by atoms with van der Waals surface area (Å²) < 4.78 is 47.2. The van der Waals surface area contributed by atoms with E-state index in [4.69, 9.17) is 0 Å². The van der Waals surface area contributed by atoms with Gasteiger partial charge in [-0.05, 0) is 20.3 Å². The molecule has 0 aliphatic rings. The van der Waals surface area contributed by atoms with Gasteiger partial charge in [-0.2, -0.15) is 13.2 Å². The molecule has 112 valence electrons. The second kappa shape index (κ2) is 7.35. The zero-order valence-corrected chi connectivity index (χ0v) is 11.3. The molecule has 0 saturated carbocycles. The van der Waals surface area contributed by atoms with Gasteiger partial charge in [-0.3, -0.25) is 9.59 Å². The molecule has 0 saturated heterocycles. The Morgan fingerprint density at radius 1 is 0.947 bits per heavy atom. The Bertz CT molecular complexity index is 295. The molecule has 0 radical (unpaired) electrons. The van der Waals surface area contributed by atoms with E-state index in [0.29, 0.717) is 0 Å². The SMILES string of the molecule is CCCC(CC(F)(F)F)(C(=O)OCC)C(=O)OCC. The van der Waals surface area contributed by atoms with Crippen LogP contribution in [-0.4, -0.2) is 31.3 Å². The zero-order chi connectivity index (χ0) is 15.1. The summed E-state index contributed by atoms with van der Waals surface area (Å²) in [6, 6.07) is 0. The van der Waals surface area contributed by atoms with Crippen molar-refractivity contribution in [2.45, 2.75) is 46.2 Å². The third kappa shape index (κ3) is 5.08. The lowest BCUT2D eigenvalue weighted by molar-refractivity contribution is -0.197. The molecule has 0 aliphatic heterocycles. The van der Waals surface area contributed by atoms with Crippen LogP contribution < -0.4 is 0 Å². The highest BCUT2D eigenvalue weighted by Crippen LogP contribution is 2.39. The molecule has 0 spiro atoms. The van der Waals surface area contributed by atoms with E-state index >= 15 is 0 Å². The van der Waals surface area contributed by atoms with E-state index in [1.165, 1.54) is 13.8 Å². The maximum absolute atomic E-state index is 12.7. The van der Waals surface area contributed by atoms with Crippen molar-refractivity contribution in [3.05, 3.63) is 0 Å². The lowest BCUT2D eigenvalue weighted by atomic mass is 9.79. The van der Waals surface area contributed by atoms with Crippen molar-refractivity contribution in [2.24, 2.45) is 5.41 Å². The predicted molar refractivity (Wildman–Crippen MR) is 61.3 cm³/mol. The van der Waals surface area contributed by atoms with Crippen LogP contribution in [0.15, 0.2) is 0 Å². The monoisotopic (exact) mass is 284 g/mol. The van der Waals surface area contributed by atoms with Gasteiger partial charge in [-0.1, -0.05) is 13.3 Å². The number of carbonyl (C=O) groups is 2. The maximum Gasteiger partial charge on any atom is 0.390 e. The Labute approximate surface area is 110 Å². The number of hydrogen-bond donors (Lipinski definition) is 0. The molecule has 0 amide bonds. The molecule has 0 aromatic carbocycles. The molecule has 0 aliphatic carbocycles. The Balaban J connectivity index is 5.45. The number of carbonyl (C=O) groups excluding carboxylic acids is 2. The van der Waals surface area contributed by atoms with Crippen LogP contribution in [0.25, 0.3) is 0 Å². The molecular weight excluding hydrogens is 265 g/mol. The molecule has 0 aromatic heterocycles. The Morgan fingerprint density at radius 2 is 1.37 bits per heavy atom. The van der Waals surface area contributed by atoms with Gasteiger partial charge >= 0.3 is 18.1 Å². The lowest BCUT2D eigenvalue weighted by Crippen LogP contribution is -2.45. The third-order valence-electron chi connectivity index (χ3n) is 2.51. The summed E-state index contributed by atoms with van der Waals surface area (Å²) in [6.07, 6.45) is -6.25. The molecule has 0 fully saturated rings. The van der Waals surface area contributed by atoms with Gasteiger partial charge in [0.1, 0.15) is 0 Å². The van der Waals surface area contributed by atoms with E-state index in [2.05, 4.69) is 9.47 Å². The van der Waals surface area contributed by atoms with Crippen molar-refractivity contribution in [1.29, 1.82) is 0 Å². The smallest absolute Gasteiger partial charge is 0.390 e. The van der Waals surface area contributed by atoms with Crippen molar-refractivity contribution in [3.8, 4) is 0 Å². The van der Waals surface area contributed by atoms with Gasteiger partial charge in [0.25, 0.3) is 0 Å². The van der Waals surface area contributed by atoms with Crippen molar-refractivity contribution in [2.75, 3.05) is 13.2 Å². The quantitative estimate of drug-likeness (QED) is 0.533. The van der Waals surface area contributed by atoms with Crippen LogP contribution >= 0.6 is 0 Å². The van der Waals surface area contributed by atoms with Gasteiger partial charge in [0.15, 0.2) is 5.41 Å². The Hall–Kier alpha value is -1.27.